The van der Waals surface area contributed by atoms with E-state index in [-0.39, 0.29) is 5.97 Å². The first kappa shape index (κ1) is 19.2. The van der Waals surface area contributed by atoms with Crippen LogP contribution in [0, 0.1) is 11.3 Å². The van der Waals surface area contributed by atoms with Crippen molar-refractivity contribution in [2.24, 2.45) is 7.05 Å². The number of imidazole rings is 1. The molecular weight excluding hydrogens is 378 g/mol. The van der Waals surface area contributed by atoms with Gasteiger partial charge in [-0.05, 0) is 43.3 Å². The van der Waals surface area contributed by atoms with Crippen molar-refractivity contribution in [1.29, 1.82) is 5.26 Å². The summed E-state index contributed by atoms with van der Waals surface area (Å²) < 4.78 is 12.8. The summed E-state index contributed by atoms with van der Waals surface area (Å²) in [6.07, 6.45) is 1.68. The van der Waals surface area contributed by atoms with Gasteiger partial charge in [0, 0.05) is 18.7 Å². The topological polar surface area (TPSA) is 81.0 Å². The normalized spacial score (nSPS) is 11.4. The van der Waals surface area contributed by atoms with E-state index >= 15 is 0 Å². The van der Waals surface area contributed by atoms with Crippen LogP contribution in [0.2, 0.25) is 0 Å². The van der Waals surface area contributed by atoms with Crippen molar-refractivity contribution >= 4 is 28.7 Å². The van der Waals surface area contributed by atoms with Gasteiger partial charge < -0.3 is 13.7 Å². The molecule has 148 valence electrons. The maximum Gasteiger partial charge on any atom is 0.338 e. The van der Waals surface area contributed by atoms with Gasteiger partial charge in [0.2, 0.25) is 0 Å². The van der Waals surface area contributed by atoms with Gasteiger partial charge in [0.15, 0.2) is 5.82 Å². The number of fused-ring (bicyclic) bond motifs is 1. The number of rotatable bonds is 5. The molecule has 0 radical (unpaired) electrons. The van der Waals surface area contributed by atoms with Crippen LogP contribution in [0.25, 0.3) is 34.0 Å². The lowest BCUT2D eigenvalue weighted by Crippen LogP contribution is -2.03. The number of benzene rings is 2. The Bertz CT molecular complexity index is 1290. The Labute approximate surface area is 173 Å². The van der Waals surface area contributed by atoms with Crippen molar-refractivity contribution in [3.8, 4) is 17.4 Å². The molecule has 0 spiro atoms. The van der Waals surface area contributed by atoms with Crippen LogP contribution in [0.5, 0.6) is 0 Å². The van der Waals surface area contributed by atoms with Gasteiger partial charge in [0.05, 0.1) is 28.8 Å². The Morgan fingerprint density at radius 1 is 1.17 bits per heavy atom. The van der Waals surface area contributed by atoms with E-state index in [9.17, 15) is 10.1 Å². The van der Waals surface area contributed by atoms with Crippen molar-refractivity contribution in [3.05, 3.63) is 77.8 Å². The van der Waals surface area contributed by atoms with Crippen LogP contribution in [-0.2, 0) is 11.8 Å². The van der Waals surface area contributed by atoms with E-state index in [4.69, 9.17) is 9.15 Å². The van der Waals surface area contributed by atoms with Crippen molar-refractivity contribution in [2.75, 3.05) is 6.61 Å². The highest BCUT2D eigenvalue weighted by atomic mass is 16.5. The van der Waals surface area contributed by atoms with Gasteiger partial charge in [-0.3, -0.25) is 0 Å². The van der Waals surface area contributed by atoms with Crippen LogP contribution in [-0.4, -0.2) is 22.1 Å². The monoisotopic (exact) mass is 397 g/mol. The number of aryl methyl sites for hydroxylation is 1. The molecule has 0 saturated heterocycles. The molecule has 0 unspecified atom stereocenters. The molecule has 0 aliphatic rings. The number of esters is 1. The zero-order valence-electron chi connectivity index (χ0n) is 16.6. The third kappa shape index (κ3) is 3.61. The molecule has 2 aromatic carbocycles. The van der Waals surface area contributed by atoms with Crippen LogP contribution >= 0.6 is 0 Å². The number of allylic oxidation sites excluding steroid dienone is 1. The predicted molar refractivity (Wildman–Crippen MR) is 114 cm³/mol. The maximum absolute atomic E-state index is 11.8. The molecule has 0 bridgehead atoms. The van der Waals surface area contributed by atoms with Crippen LogP contribution < -0.4 is 0 Å². The number of hydrogen-bond acceptors (Lipinski definition) is 5. The highest BCUT2D eigenvalue weighted by Gasteiger charge is 2.13. The minimum absolute atomic E-state index is 0.335. The van der Waals surface area contributed by atoms with Crippen LogP contribution in [0.3, 0.4) is 0 Å². The second-order valence-corrected chi connectivity index (χ2v) is 6.65. The van der Waals surface area contributed by atoms with Gasteiger partial charge >= 0.3 is 5.97 Å². The molecule has 0 aliphatic carbocycles. The van der Waals surface area contributed by atoms with E-state index in [2.05, 4.69) is 11.1 Å². The van der Waals surface area contributed by atoms with Crippen molar-refractivity contribution in [2.45, 2.75) is 6.92 Å². The molecule has 2 heterocycles. The number of furan rings is 1. The van der Waals surface area contributed by atoms with Crippen molar-refractivity contribution < 1.29 is 13.9 Å². The van der Waals surface area contributed by atoms with E-state index in [1.807, 2.05) is 41.9 Å². The fourth-order valence-electron chi connectivity index (χ4n) is 3.25. The average molecular weight is 397 g/mol. The summed E-state index contributed by atoms with van der Waals surface area (Å²) in [4.78, 5) is 16.4. The summed E-state index contributed by atoms with van der Waals surface area (Å²) in [7, 11) is 1.88. The van der Waals surface area contributed by atoms with E-state index in [0.717, 1.165) is 16.6 Å². The standard InChI is InChI=1S/C24H19N3O3/c1-3-29-24(28)17-10-8-16(9-11-17)22-13-12-19(30-22)14-18(15-25)23-26-20-6-4-5-7-21(20)27(23)2/h4-14H,3H2,1-2H3. The van der Waals surface area contributed by atoms with Gasteiger partial charge in [-0.25, -0.2) is 9.78 Å². The molecule has 0 amide bonds. The van der Waals surface area contributed by atoms with Crippen LogP contribution in [0.1, 0.15) is 28.9 Å². The highest BCUT2D eigenvalue weighted by Crippen LogP contribution is 2.26. The molecule has 0 atom stereocenters. The van der Waals surface area contributed by atoms with E-state index in [1.165, 1.54) is 0 Å². The third-order valence-electron chi connectivity index (χ3n) is 4.74. The quantitative estimate of drug-likeness (QED) is 0.347. The summed E-state index contributed by atoms with van der Waals surface area (Å²) in [5.41, 5.74) is 3.51. The highest BCUT2D eigenvalue weighted by molar-refractivity contribution is 5.91. The Morgan fingerprint density at radius 3 is 2.63 bits per heavy atom. The number of ether oxygens (including phenoxy) is 1. The molecule has 4 rings (SSSR count). The lowest BCUT2D eigenvalue weighted by molar-refractivity contribution is 0.0526. The lowest BCUT2D eigenvalue weighted by atomic mass is 10.1. The first-order chi connectivity index (χ1) is 14.6. The van der Waals surface area contributed by atoms with Crippen LogP contribution in [0.15, 0.2) is 65.1 Å². The lowest BCUT2D eigenvalue weighted by Gasteiger charge is -2.02. The van der Waals surface area contributed by atoms with Gasteiger partial charge in [-0.1, -0.05) is 24.3 Å². The van der Waals surface area contributed by atoms with Crippen molar-refractivity contribution in [1.82, 2.24) is 9.55 Å². The minimum Gasteiger partial charge on any atom is -0.462 e. The number of carbonyl (C=O) groups excluding carboxylic acids is 1. The molecular formula is C24H19N3O3. The number of aromatic nitrogens is 2. The smallest absolute Gasteiger partial charge is 0.338 e. The SMILES string of the molecule is CCOC(=O)c1ccc(-c2ccc(C=C(C#N)c3nc4ccccc4n3C)o2)cc1. The Kier molecular flexibility index (Phi) is 5.19. The molecule has 6 nitrogen and oxygen atoms in total. The van der Waals surface area contributed by atoms with E-state index in [1.54, 1.807) is 43.3 Å². The molecule has 0 N–H and O–H groups in total. The fraction of sp³-hybridized carbons (Fsp3) is 0.125. The van der Waals surface area contributed by atoms with Gasteiger partial charge in [0.25, 0.3) is 0 Å². The van der Waals surface area contributed by atoms with Gasteiger partial charge in [-0.2, -0.15) is 5.26 Å². The van der Waals surface area contributed by atoms with E-state index in [0.29, 0.717) is 35.1 Å². The zero-order valence-corrected chi connectivity index (χ0v) is 16.6. The van der Waals surface area contributed by atoms with Crippen LogP contribution in [0.4, 0.5) is 0 Å². The number of nitrogens with zero attached hydrogens (tertiary/aromatic N) is 3. The first-order valence-corrected chi connectivity index (χ1v) is 9.51. The van der Waals surface area contributed by atoms with Gasteiger partial charge in [-0.15, -0.1) is 0 Å². The summed E-state index contributed by atoms with van der Waals surface area (Å²) in [5, 5.41) is 9.68. The summed E-state index contributed by atoms with van der Waals surface area (Å²) >= 11 is 0. The number of carbonyl (C=O) groups is 1. The Morgan fingerprint density at radius 2 is 1.93 bits per heavy atom. The molecule has 0 fully saturated rings. The second kappa shape index (κ2) is 8.10. The average Bonchev–Trinajstić information content (AvgIpc) is 3.37. The molecule has 4 aromatic rings. The Hall–Kier alpha value is -4.11. The summed E-state index contributed by atoms with van der Waals surface area (Å²) in [6.45, 7) is 2.11. The number of nitriles is 1. The Balaban J connectivity index is 1.63. The summed E-state index contributed by atoms with van der Waals surface area (Å²) in [6, 6.07) is 20.6. The number of hydrogen-bond donors (Lipinski definition) is 0. The van der Waals surface area contributed by atoms with Gasteiger partial charge in [0.1, 0.15) is 17.6 Å². The maximum atomic E-state index is 11.8. The first-order valence-electron chi connectivity index (χ1n) is 9.51. The third-order valence-corrected chi connectivity index (χ3v) is 4.74. The molecule has 30 heavy (non-hydrogen) atoms. The van der Waals surface area contributed by atoms with Crippen molar-refractivity contribution in [3.63, 3.8) is 0 Å². The molecule has 6 heteroatoms. The molecule has 0 saturated carbocycles. The minimum atomic E-state index is -0.353. The molecule has 0 aliphatic heterocycles. The summed E-state index contributed by atoms with van der Waals surface area (Å²) in [5.74, 6) is 1.41. The molecule has 2 aromatic heterocycles. The second-order valence-electron chi connectivity index (χ2n) is 6.65. The largest absolute Gasteiger partial charge is 0.462 e. The fourth-order valence-corrected chi connectivity index (χ4v) is 3.25. The predicted octanol–water partition coefficient (Wildman–Crippen LogP) is 5.07. The van der Waals surface area contributed by atoms with E-state index < -0.39 is 0 Å². The zero-order chi connectivity index (χ0) is 21.1. The number of para-hydroxylation sites is 2.